The van der Waals surface area contributed by atoms with Crippen molar-refractivity contribution < 1.29 is 4.79 Å². The summed E-state index contributed by atoms with van der Waals surface area (Å²) in [4.78, 5) is 11.3. The molecule has 1 atom stereocenters. The van der Waals surface area contributed by atoms with Gasteiger partial charge in [0.1, 0.15) is 0 Å². The largest absolute Gasteiger partial charge is 0.359 e. The molecule has 1 rings (SSSR count). The third kappa shape index (κ3) is 2.46. The van der Waals surface area contributed by atoms with Crippen LogP contribution in [0, 0.1) is 0 Å². The van der Waals surface area contributed by atoms with Crippen molar-refractivity contribution in [1.29, 1.82) is 0 Å². The Labute approximate surface area is 82.9 Å². The van der Waals surface area contributed by atoms with E-state index in [1.54, 1.807) is 13.1 Å². The van der Waals surface area contributed by atoms with Crippen molar-refractivity contribution in [1.82, 2.24) is 5.32 Å². The zero-order valence-corrected chi connectivity index (χ0v) is 8.43. The van der Waals surface area contributed by atoms with E-state index >= 15 is 0 Å². The Morgan fingerprint density at radius 1 is 1.54 bits per heavy atom. The van der Waals surface area contributed by atoms with Gasteiger partial charge in [-0.2, -0.15) is 0 Å². The van der Waals surface area contributed by atoms with Crippen molar-refractivity contribution in [3.8, 4) is 0 Å². The Balaban J connectivity index is 2.88. The average molecular weight is 198 g/mol. The first-order valence-corrected chi connectivity index (χ1v) is 4.50. The predicted molar refractivity (Wildman–Crippen MR) is 53.9 cm³/mol. The van der Waals surface area contributed by atoms with Gasteiger partial charge in [-0.25, -0.2) is 0 Å². The maximum absolute atomic E-state index is 11.3. The highest BCUT2D eigenvalue weighted by Gasteiger charge is 2.12. The minimum Gasteiger partial charge on any atom is -0.359 e. The van der Waals surface area contributed by atoms with Crippen LogP contribution < -0.4 is 5.32 Å². The normalized spacial score (nSPS) is 12.2. The van der Waals surface area contributed by atoms with Gasteiger partial charge in [0.2, 0.25) is 5.91 Å². The molecule has 1 amide bonds. The molecule has 0 aliphatic carbocycles. The van der Waals surface area contributed by atoms with Gasteiger partial charge >= 0.3 is 0 Å². The van der Waals surface area contributed by atoms with Gasteiger partial charge < -0.3 is 5.32 Å². The number of likely N-dealkylation sites (N-methyl/N-ethyl adjacent to an activating group) is 1. The van der Waals surface area contributed by atoms with E-state index in [-0.39, 0.29) is 11.8 Å². The molecule has 0 heterocycles. The molecule has 2 nitrogen and oxygen atoms in total. The summed E-state index contributed by atoms with van der Waals surface area (Å²) in [7, 11) is 1.63. The smallest absolute Gasteiger partial charge is 0.227 e. The van der Waals surface area contributed by atoms with E-state index in [1.165, 1.54) is 0 Å². The van der Waals surface area contributed by atoms with Crippen LogP contribution in [0.3, 0.4) is 0 Å². The first kappa shape index (κ1) is 10.1. The Morgan fingerprint density at radius 2 is 2.23 bits per heavy atom. The number of benzene rings is 1. The van der Waals surface area contributed by atoms with Crippen LogP contribution in [0.4, 0.5) is 0 Å². The fourth-order valence-corrected chi connectivity index (χ4v) is 1.34. The van der Waals surface area contributed by atoms with Gasteiger partial charge in [0.15, 0.2) is 0 Å². The van der Waals surface area contributed by atoms with Crippen LogP contribution >= 0.6 is 11.6 Å². The lowest BCUT2D eigenvalue weighted by Crippen LogP contribution is -2.23. The Hall–Kier alpha value is -1.02. The highest BCUT2D eigenvalue weighted by molar-refractivity contribution is 6.30. The zero-order valence-electron chi connectivity index (χ0n) is 7.67. The van der Waals surface area contributed by atoms with E-state index in [9.17, 15) is 4.79 Å². The molecular formula is C10H12ClNO. The van der Waals surface area contributed by atoms with Crippen molar-refractivity contribution in [2.75, 3.05) is 7.05 Å². The summed E-state index contributed by atoms with van der Waals surface area (Å²) < 4.78 is 0. The fourth-order valence-electron chi connectivity index (χ4n) is 1.14. The second-order valence-corrected chi connectivity index (χ2v) is 3.33. The van der Waals surface area contributed by atoms with Gasteiger partial charge in [0.25, 0.3) is 0 Å². The second-order valence-electron chi connectivity index (χ2n) is 2.89. The van der Waals surface area contributed by atoms with Crippen molar-refractivity contribution in [3.05, 3.63) is 34.9 Å². The number of hydrogen-bond donors (Lipinski definition) is 1. The Bertz CT molecular complexity index is 312. The summed E-state index contributed by atoms with van der Waals surface area (Å²) in [6.45, 7) is 1.85. The van der Waals surface area contributed by atoms with Crippen LogP contribution in [0.2, 0.25) is 5.02 Å². The summed E-state index contributed by atoms with van der Waals surface area (Å²) in [5.41, 5.74) is 0.937. The maximum Gasteiger partial charge on any atom is 0.227 e. The molecule has 0 saturated heterocycles. The number of rotatable bonds is 2. The van der Waals surface area contributed by atoms with Gasteiger partial charge in [-0.05, 0) is 24.6 Å². The lowest BCUT2D eigenvalue weighted by Gasteiger charge is -2.09. The van der Waals surface area contributed by atoms with E-state index in [4.69, 9.17) is 11.6 Å². The second kappa shape index (κ2) is 4.28. The van der Waals surface area contributed by atoms with E-state index in [0.29, 0.717) is 5.02 Å². The third-order valence-electron chi connectivity index (χ3n) is 1.99. The molecule has 1 unspecified atom stereocenters. The van der Waals surface area contributed by atoms with Crippen LogP contribution in [0.5, 0.6) is 0 Å². The average Bonchev–Trinajstić information content (AvgIpc) is 2.15. The fraction of sp³-hybridized carbons (Fsp3) is 0.300. The summed E-state index contributed by atoms with van der Waals surface area (Å²) in [5.74, 6) is -0.147. The summed E-state index contributed by atoms with van der Waals surface area (Å²) in [6, 6.07) is 7.34. The third-order valence-corrected chi connectivity index (χ3v) is 2.22. The molecule has 1 N–H and O–H groups in total. The van der Waals surface area contributed by atoms with Crippen LogP contribution in [-0.4, -0.2) is 13.0 Å². The number of nitrogens with one attached hydrogen (secondary N) is 1. The molecule has 0 aromatic heterocycles. The molecule has 0 fully saturated rings. The number of carbonyl (C=O) groups is 1. The van der Waals surface area contributed by atoms with Gasteiger partial charge in [-0.15, -0.1) is 0 Å². The molecule has 3 heteroatoms. The van der Waals surface area contributed by atoms with Crippen molar-refractivity contribution >= 4 is 17.5 Å². The van der Waals surface area contributed by atoms with Gasteiger partial charge in [0, 0.05) is 12.1 Å². The lowest BCUT2D eigenvalue weighted by molar-refractivity contribution is -0.121. The van der Waals surface area contributed by atoms with Crippen molar-refractivity contribution in [2.24, 2.45) is 0 Å². The minimum absolute atomic E-state index is 0.00210. The first-order chi connectivity index (χ1) is 6.15. The standard InChI is InChI=1S/C10H12ClNO/c1-7(10(13)12-2)8-4-3-5-9(11)6-8/h3-7H,1-2H3,(H,12,13). The molecule has 13 heavy (non-hydrogen) atoms. The van der Waals surface area contributed by atoms with Crippen LogP contribution in [-0.2, 0) is 4.79 Å². The molecular weight excluding hydrogens is 186 g/mol. The molecule has 0 bridgehead atoms. The minimum atomic E-state index is -0.149. The van der Waals surface area contributed by atoms with Crippen molar-refractivity contribution in [2.45, 2.75) is 12.8 Å². The van der Waals surface area contributed by atoms with E-state index in [1.807, 2.05) is 25.1 Å². The molecule has 1 aromatic carbocycles. The number of halogens is 1. The highest BCUT2D eigenvalue weighted by atomic mass is 35.5. The van der Waals surface area contributed by atoms with E-state index in [0.717, 1.165) is 5.56 Å². The SMILES string of the molecule is CNC(=O)C(C)c1cccc(Cl)c1. The molecule has 1 aromatic rings. The van der Waals surface area contributed by atoms with Gasteiger partial charge in [-0.3, -0.25) is 4.79 Å². The first-order valence-electron chi connectivity index (χ1n) is 4.12. The topological polar surface area (TPSA) is 29.1 Å². The molecule has 0 spiro atoms. The number of hydrogen-bond acceptors (Lipinski definition) is 1. The van der Waals surface area contributed by atoms with Gasteiger partial charge in [0.05, 0.1) is 5.92 Å². The van der Waals surface area contributed by atoms with Gasteiger partial charge in [-0.1, -0.05) is 23.7 Å². The lowest BCUT2D eigenvalue weighted by atomic mass is 10.0. The van der Waals surface area contributed by atoms with E-state index < -0.39 is 0 Å². The monoisotopic (exact) mass is 197 g/mol. The Kier molecular flexibility index (Phi) is 3.32. The quantitative estimate of drug-likeness (QED) is 0.774. The molecule has 0 aliphatic heterocycles. The van der Waals surface area contributed by atoms with Crippen LogP contribution in [0.1, 0.15) is 18.4 Å². The summed E-state index contributed by atoms with van der Waals surface area (Å²) in [5, 5.41) is 3.26. The molecule has 70 valence electrons. The highest BCUT2D eigenvalue weighted by Crippen LogP contribution is 2.18. The number of amides is 1. The number of carbonyl (C=O) groups excluding carboxylic acids is 1. The molecule has 0 radical (unpaired) electrons. The zero-order chi connectivity index (χ0) is 9.84. The molecule has 0 saturated carbocycles. The predicted octanol–water partition coefficient (Wildman–Crippen LogP) is 2.19. The Morgan fingerprint density at radius 3 is 2.77 bits per heavy atom. The van der Waals surface area contributed by atoms with Crippen LogP contribution in [0.15, 0.2) is 24.3 Å². The van der Waals surface area contributed by atoms with Crippen molar-refractivity contribution in [3.63, 3.8) is 0 Å². The van der Waals surface area contributed by atoms with E-state index in [2.05, 4.69) is 5.32 Å². The summed E-state index contributed by atoms with van der Waals surface area (Å²) in [6.07, 6.45) is 0. The summed E-state index contributed by atoms with van der Waals surface area (Å²) >= 11 is 5.81. The van der Waals surface area contributed by atoms with Crippen LogP contribution in [0.25, 0.3) is 0 Å². The molecule has 0 aliphatic rings. The maximum atomic E-state index is 11.3.